The number of benzene rings is 3. The van der Waals surface area contributed by atoms with E-state index < -0.39 is 23.8 Å². The van der Waals surface area contributed by atoms with Crippen molar-refractivity contribution in [2.45, 2.75) is 25.4 Å². The summed E-state index contributed by atoms with van der Waals surface area (Å²) in [4.78, 5) is 37.2. The number of fused-ring (bicyclic) bond motifs is 1. The van der Waals surface area contributed by atoms with Crippen molar-refractivity contribution in [3.8, 4) is 39.9 Å². The van der Waals surface area contributed by atoms with Crippen LogP contribution in [0.25, 0.3) is 11.1 Å². The summed E-state index contributed by atoms with van der Waals surface area (Å²) in [5, 5.41) is 14.6. The van der Waals surface area contributed by atoms with Crippen LogP contribution in [0, 0.1) is 0 Å². The Hall–Kier alpha value is -4.93. The minimum absolute atomic E-state index is 0.0826. The lowest BCUT2D eigenvalue weighted by Gasteiger charge is -2.19. The first-order chi connectivity index (χ1) is 19.3. The molecular formula is C29H30N2O9. The summed E-state index contributed by atoms with van der Waals surface area (Å²) in [6.07, 6.45) is -0.386. The average molecular weight is 551 g/mol. The molecule has 0 bridgehead atoms. The van der Waals surface area contributed by atoms with E-state index in [4.69, 9.17) is 28.8 Å². The molecule has 1 atom stereocenters. The zero-order chi connectivity index (χ0) is 28.6. The molecule has 0 fully saturated rings. The maximum Gasteiger partial charge on any atom is 0.303 e. The van der Waals surface area contributed by atoms with Gasteiger partial charge in [-0.15, -0.1) is 0 Å². The van der Waals surface area contributed by atoms with Gasteiger partial charge in [0.05, 0.1) is 21.3 Å². The molecule has 3 aromatic carbocycles. The van der Waals surface area contributed by atoms with Crippen LogP contribution in [0.15, 0.2) is 54.6 Å². The molecule has 11 nitrogen and oxygen atoms in total. The minimum Gasteiger partial charge on any atom is -0.493 e. The number of nitrogens with one attached hydrogen (secondary N) is 2. The number of carbonyl (C=O) groups excluding carboxylic acids is 2. The molecule has 1 heterocycles. The summed E-state index contributed by atoms with van der Waals surface area (Å²) in [6.45, 7) is 0.260. The Morgan fingerprint density at radius 2 is 1.52 bits per heavy atom. The van der Waals surface area contributed by atoms with Gasteiger partial charge in [0, 0.05) is 18.5 Å². The van der Waals surface area contributed by atoms with Gasteiger partial charge in [0.15, 0.2) is 23.0 Å². The van der Waals surface area contributed by atoms with E-state index in [0.717, 1.165) is 11.1 Å². The van der Waals surface area contributed by atoms with Gasteiger partial charge in [0.2, 0.25) is 18.4 Å². The Kier molecular flexibility index (Phi) is 8.95. The third kappa shape index (κ3) is 6.55. The Morgan fingerprint density at radius 1 is 0.875 bits per heavy atom. The molecule has 0 radical (unpaired) electrons. The summed E-state index contributed by atoms with van der Waals surface area (Å²) in [5.74, 6) is 0.475. The van der Waals surface area contributed by atoms with Gasteiger partial charge in [-0.3, -0.25) is 14.4 Å². The van der Waals surface area contributed by atoms with Gasteiger partial charge < -0.3 is 39.4 Å². The molecule has 0 spiro atoms. The highest BCUT2D eigenvalue weighted by molar-refractivity contribution is 5.98. The summed E-state index contributed by atoms with van der Waals surface area (Å²) in [5.41, 5.74) is 2.73. The van der Waals surface area contributed by atoms with Crippen molar-refractivity contribution >= 4 is 17.8 Å². The maximum absolute atomic E-state index is 13.0. The van der Waals surface area contributed by atoms with Gasteiger partial charge in [0.25, 0.3) is 5.91 Å². The zero-order valence-corrected chi connectivity index (χ0v) is 22.3. The predicted molar refractivity (Wildman–Crippen MR) is 144 cm³/mol. The van der Waals surface area contributed by atoms with Crippen LogP contribution in [-0.4, -0.2) is 57.1 Å². The average Bonchev–Trinajstić information content (AvgIpc) is 3.45. The van der Waals surface area contributed by atoms with Crippen LogP contribution in [0.5, 0.6) is 28.7 Å². The van der Waals surface area contributed by atoms with E-state index in [9.17, 15) is 14.4 Å². The molecule has 4 rings (SSSR count). The third-order valence-electron chi connectivity index (χ3n) is 6.31. The Labute approximate surface area is 231 Å². The number of hydrogen-bond acceptors (Lipinski definition) is 8. The first-order valence-corrected chi connectivity index (χ1v) is 12.4. The van der Waals surface area contributed by atoms with Crippen LogP contribution in [0.2, 0.25) is 0 Å². The third-order valence-corrected chi connectivity index (χ3v) is 6.31. The van der Waals surface area contributed by atoms with Crippen LogP contribution < -0.4 is 34.3 Å². The number of rotatable bonds is 12. The van der Waals surface area contributed by atoms with E-state index in [1.165, 1.54) is 21.3 Å². The van der Waals surface area contributed by atoms with Crippen molar-refractivity contribution in [1.82, 2.24) is 10.6 Å². The molecule has 3 N–H and O–H groups in total. The number of methoxy groups -OCH3 is 3. The summed E-state index contributed by atoms with van der Waals surface area (Å²) in [7, 11) is 4.46. The van der Waals surface area contributed by atoms with Crippen molar-refractivity contribution in [1.29, 1.82) is 0 Å². The minimum atomic E-state index is -1.08. The molecule has 1 aliphatic rings. The monoisotopic (exact) mass is 550 g/mol. The second-order valence-corrected chi connectivity index (χ2v) is 8.86. The van der Waals surface area contributed by atoms with Gasteiger partial charge in [-0.2, -0.15) is 0 Å². The van der Waals surface area contributed by atoms with Crippen LogP contribution >= 0.6 is 0 Å². The Morgan fingerprint density at radius 3 is 2.15 bits per heavy atom. The predicted octanol–water partition coefficient (Wildman–Crippen LogP) is 3.39. The highest BCUT2D eigenvalue weighted by Crippen LogP contribution is 2.38. The molecule has 0 saturated carbocycles. The molecule has 11 heteroatoms. The molecule has 1 aliphatic heterocycles. The molecule has 210 valence electrons. The van der Waals surface area contributed by atoms with Gasteiger partial charge in [-0.05, 0) is 59.5 Å². The van der Waals surface area contributed by atoms with Gasteiger partial charge in [0.1, 0.15) is 6.04 Å². The number of carboxylic acid groups (broad SMARTS) is 1. The van der Waals surface area contributed by atoms with E-state index in [1.54, 1.807) is 36.4 Å². The standard InChI is InChI=1S/C29H30N2O9/c1-36-24-12-17(13-25(37-2)27(24)38-3)15-30-29(35)21(9-11-26(32)33)31-28(34)19-6-4-18(5-7-19)20-8-10-22-23(14-20)40-16-39-22/h4-8,10,12-14,21H,9,11,15-16H2,1-3H3,(H,30,35)(H,31,34)(H,32,33). The first kappa shape index (κ1) is 28.1. The molecule has 3 aromatic rings. The first-order valence-electron chi connectivity index (χ1n) is 12.4. The topological polar surface area (TPSA) is 142 Å². The largest absolute Gasteiger partial charge is 0.493 e. The highest BCUT2D eigenvalue weighted by Gasteiger charge is 2.23. The van der Waals surface area contributed by atoms with Crippen molar-refractivity contribution < 1.29 is 43.2 Å². The zero-order valence-electron chi connectivity index (χ0n) is 22.3. The Balaban J connectivity index is 1.44. The van der Waals surface area contributed by atoms with Gasteiger partial charge in [-0.1, -0.05) is 18.2 Å². The lowest BCUT2D eigenvalue weighted by atomic mass is 10.0. The number of ether oxygens (including phenoxy) is 5. The number of carbonyl (C=O) groups is 3. The molecule has 0 aliphatic carbocycles. The quantitative estimate of drug-likeness (QED) is 0.309. The van der Waals surface area contributed by atoms with Crippen molar-refractivity contribution in [2.24, 2.45) is 0 Å². The maximum atomic E-state index is 13.0. The van der Waals surface area contributed by atoms with E-state index >= 15 is 0 Å². The normalized spacial score (nSPS) is 12.3. The van der Waals surface area contributed by atoms with Crippen LogP contribution in [0.1, 0.15) is 28.8 Å². The molecular weight excluding hydrogens is 520 g/mol. The van der Waals surface area contributed by atoms with Crippen LogP contribution in [0.3, 0.4) is 0 Å². The summed E-state index contributed by atoms with van der Waals surface area (Å²) >= 11 is 0. The number of carboxylic acids is 1. The van der Waals surface area contributed by atoms with Crippen LogP contribution in [-0.2, 0) is 16.1 Å². The second kappa shape index (κ2) is 12.7. The lowest BCUT2D eigenvalue weighted by Crippen LogP contribution is -2.46. The second-order valence-electron chi connectivity index (χ2n) is 8.86. The molecule has 1 unspecified atom stereocenters. The van der Waals surface area contributed by atoms with E-state index in [1.807, 2.05) is 18.2 Å². The number of amides is 2. The van der Waals surface area contributed by atoms with Crippen molar-refractivity contribution in [3.05, 3.63) is 65.7 Å². The highest BCUT2D eigenvalue weighted by atomic mass is 16.7. The Bertz CT molecular complexity index is 1360. The fourth-order valence-corrected chi connectivity index (χ4v) is 4.22. The number of aliphatic carboxylic acids is 1. The van der Waals surface area contributed by atoms with E-state index in [2.05, 4.69) is 10.6 Å². The van der Waals surface area contributed by atoms with Crippen LogP contribution in [0.4, 0.5) is 0 Å². The fraction of sp³-hybridized carbons (Fsp3) is 0.276. The SMILES string of the molecule is COc1cc(CNC(=O)C(CCC(=O)O)NC(=O)c2ccc(-c3ccc4c(c3)OCO4)cc2)cc(OC)c1OC. The summed E-state index contributed by atoms with van der Waals surface area (Å²) < 4.78 is 26.8. The molecule has 0 aromatic heterocycles. The number of hydrogen-bond donors (Lipinski definition) is 3. The molecule has 2 amide bonds. The van der Waals surface area contributed by atoms with E-state index in [0.29, 0.717) is 39.9 Å². The van der Waals surface area contributed by atoms with Gasteiger partial charge >= 0.3 is 5.97 Å². The molecule has 40 heavy (non-hydrogen) atoms. The van der Waals surface area contributed by atoms with E-state index in [-0.39, 0.29) is 26.2 Å². The molecule has 0 saturated heterocycles. The smallest absolute Gasteiger partial charge is 0.303 e. The van der Waals surface area contributed by atoms with Crippen molar-refractivity contribution in [2.75, 3.05) is 28.1 Å². The summed E-state index contributed by atoms with van der Waals surface area (Å²) in [6, 6.07) is 14.7. The lowest BCUT2D eigenvalue weighted by molar-refractivity contribution is -0.137. The van der Waals surface area contributed by atoms with Gasteiger partial charge in [-0.25, -0.2) is 0 Å². The van der Waals surface area contributed by atoms with Crippen molar-refractivity contribution in [3.63, 3.8) is 0 Å². The fourth-order valence-electron chi connectivity index (χ4n) is 4.22.